The summed E-state index contributed by atoms with van der Waals surface area (Å²) in [6.45, 7) is 9.91. The van der Waals surface area contributed by atoms with Crippen LogP contribution in [0.1, 0.15) is 20.3 Å². The van der Waals surface area contributed by atoms with Gasteiger partial charge in [-0.05, 0) is 17.6 Å². The predicted octanol–water partition coefficient (Wildman–Crippen LogP) is 2.13. The smallest absolute Gasteiger partial charge is 0.185 e. The fourth-order valence-corrected chi connectivity index (χ4v) is 6.20. The molecule has 4 nitrogen and oxygen atoms in total. The van der Waals surface area contributed by atoms with Gasteiger partial charge in [0.25, 0.3) is 0 Å². The molecule has 2 aliphatic heterocycles. The molecule has 6 heteroatoms. The Morgan fingerprint density at radius 3 is 2.62 bits per heavy atom. The minimum absolute atomic E-state index is 0.158. The monoisotopic (exact) mass is 326 g/mol. The van der Waals surface area contributed by atoms with E-state index in [9.17, 15) is 0 Å². The average molecular weight is 327 g/mol. The molecule has 3 heterocycles. The van der Waals surface area contributed by atoms with Gasteiger partial charge in [-0.15, -0.1) is 11.3 Å². The number of hydrogen-bond acceptors (Lipinski definition) is 6. The van der Waals surface area contributed by atoms with Gasteiger partial charge in [0.1, 0.15) is 0 Å². The van der Waals surface area contributed by atoms with Crippen LogP contribution in [0.2, 0.25) is 0 Å². The van der Waals surface area contributed by atoms with Gasteiger partial charge in [-0.3, -0.25) is 4.90 Å². The van der Waals surface area contributed by atoms with Crippen LogP contribution in [0.15, 0.2) is 11.6 Å². The maximum absolute atomic E-state index is 6.30. The summed E-state index contributed by atoms with van der Waals surface area (Å²) < 4.78 is 0. The first-order valence-electron chi connectivity index (χ1n) is 7.76. The lowest BCUT2D eigenvalue weighted by molar-refractivity contribution is -0.00213. The van der Waals surface area contributed by atoms with Gasteiger partial charge in [-0.2, -0.15) is 11.8 Å². The van der Waals surface area contributed by atoms with Crippen LogP contribution in [0.4, 0.5) is 5.13 Å². The summed E-state index contributed by atoms with van der Waals surface area (Å²) in [5.41, 5.74) is 6.75. The molecule has 2 saturated heterocycles. The number of thiazole rings is 1. The third-order valence-corrected chi connectivity index (χ3v) is 7.39. The van der Waals surface area contributed by atoms with Crippen molar-refractivity contribution < 1.29 is 0 Å². The number of thioether (sulfide) groups is 1. The van der Waals surface area contributed by atoms with E-state index < -0.39 is 0 Å². The highest BCUT2D eigenvalue weighted by Gasteiger charge is 2.50. The Hall–Kier alpha value is -0.300. The molecule has 1 atom stereocenters. The highest BCUT2D eigenvalue weighted by molar-refractivity contribution is 7.99. The number of nitrogens with two attached hydrogens (primary N) is 1. The molecule has 2 N–H and O–H groups in total. The third kappa shape index (κ3) is 2.71. The molecule has 0 spiro atoms. The quantitative estimate of drug-likeness (QED) is 0.922. The SMILES string of the molecule is CC1(C)CCSCC1(CN)N1CCN(c2nccs2)CC1. The normalized spacial score (nSPS) is 30.5. The minimum Gasteiger partial charge on any atom is -0.346 e. The van der Waals surface area contributed by atoms with E-state index in [2.05, 4.69) is 45.8 Å². The molecule has 1 aromatic rings. The van der Waals surface area contributed by atoms with Crippen molar-refractivity contribution in [3.05, 3.63) is 11.6 Å². The van der Waals surface area contributed by atoms with E-state index in [0.717, 1.165) is 37.9 Å². The van der Waals surface area contributed by atoms with Gasteiger partial charge in [-0.25, -0.2) is 4.98 Å². The number of piperazine rings is 1. The summed E-state index contributed by atoms with van der Waals surface area (Å²) in [5, 5.41) is 3.22. The Morgan fingerprint density at radius 2 is 2.05 bits per heavy atom. The fourth-order valence-electron chi connectivity index (χ4n) is 3.68. The van der Waals surface area contributed by atoms with Crippen molar-refractivity contribution in [2.75, 3.05) is 49.1 Å². The zero-order valence-electron chi connectivity index (χ0n) is 13.0. The van der Waals surface area contributed by atoms with Crippen molar-refractivity contribution in [2.24, 2.45) is 11.1 Å². The maximum atomic E-state index is 6.30. The molecular weight excluding hydrogens is 300 g/mol. The zero-order chi connectivity index (χ0) is 14.9. The van der Waals surface area contributed by atoms with Gasteiger partial charge in [0, 0.05) is 55.6 Å². The molecule has 21 heavy (non-hydrogen) atoms. The molecule has 0 saturated carbocycles. The van der Waals surface area contributed by atoms with Crippen molar-refractivity contribution in [1.82, 2.24) is 9.88 Å². The highest BCUT2D eigenvalue weighted by atomic mass is 32.2. The molecule has 0 amide bonds. The second-order valence-electron chi connectivity index (χ2n) is 6.71. The number of hydrogen-bond donors (Lipinski definition) is 1. The molecule has 0 radical (unpaired) electrons. The second kappa shape index (κ2) is 6.07. The first-order valence-corrected chi connectivity index (χ1v) is 9.80. The number of anilines is 1. The van der Waals surface area contributed by atoms with E-state index >= 15 is 0 Å². The number of aromatic nitrogens is 1. The Bertz CT molecular complexity index is 454. The Balaban J connectivity index is 1.72. The highest BCUT2D eigenvalue weighted by Crippen LogP contribution is 2.45. The topological polar surface area (TPSA) is 45.4 Å². The van der Waals surface area contributed by atoms with Crippen LogP contribution >= 0.6 is 23.1 Å². The van der Waals surface area contributed by atoms with E-state index in [1.165, 1.54) is 17.9 Å². The van der Waals surface area contributed by atoms with Crippen molar-refractivity contribution >= 4 is 28.2 Å². The van der Waals surface area contributed by atoms with Crippen LogP contribution in [0, 0.1) is 5.41 Å². The molecule has 1 unspecified atom stereocenters. The molecule has 2 aliphatic rings. The van der Waals surface area contributed by atoms with Gasteiger partial charge < -0.3 is 10.6 Å². The van der Waals surface area contributed by atoms with Crippen LogP contribution in [-0.4, -0.2) is 59.7 Å². The minimum atomic E-state index is 0.158. The molecule has 1 aromatic heterocycles. The lowest BCUT2D eigenvalue weighted by atomic mass is 9.69. The summed E-state index contributed by atoms with van der Waals surface area (Å²) >= 11 is 3.81. The van der Waals surface area contributed by atoms with E-state index in [4.69, 9.17) is 5.73 Å². The van der Waals surface area contributed by atoms with Crippen molar-refractivity contribution in [2.45, 2.75) is 25.8 Å². The van der Waals surface area contributed by atoms with Crippen LogP contribution in [0.25, 0.3) is 0 Å². The average Bonchev–Trinajstić information content (AvgIpc) is 3.02. The molecule has 0 bridgehead atoms. The van der Waals surface area contributed by atoms with Crippen LogP contribution in [0.5, 0.6) is 0 Å². The van der Waals surface area contributed by atoms with E-state index in [-0.39, 0.29) is 5.54 Å². The van der Waals surface area contributed by atoms with E-state index in [0.29, 0.717) is 5.41 Å². The summed E-state index contributed by atoms with van der Waals surface area (Å²) in [7, 11) is 0. The van der Waals surface area contributed by atoms with Gasteiger partial charge >= 0.3 is 0 Å². The lowest BCUT2D eigenvalue weighted by Crippen LogP contribution is -2.69. The van der Waals surface area contributed by atoms with E-state index in [1.807, 2.05) is 6.20 Å². The van der Waals surface area contributed by atoms with Gasteiger partial charge in [0.15, 0.2) is 5.13 Å². The van der Waals surface area contributed by atoms with Gasteiger partial charge in [-0.1, -0.05) is 13.8 Å². The van der Waals surface area contributed by atoms with Gasteiger partial charge in [0.05, 0.1) is 0 Å². The van der Waals surface area contributed by atoms with Crippen molar-refractivity contribution in [3.63, 3.8) is 0 Å². The molecular formula is C15H26N4S2. The van der Waals surface area contributed by atoms with Gasteiger partial charge in [0.2, 0.25) is 0 Å². The Labute approximate surface area is 136 Å². The van der Waals surface area contributed by atoms with Crippen LogP contribution in [-0.2, 0) is 0 Å². The fraction of sp³-hybridized carbons (Fsp3) is 0.800. The molecule has 3 rings (SSSR count). The molecule has 118 valence electrons. The second-order valence-corrected chi connectivity index (χ2v) is 8.69. The van der Waals surface area contributed by atoms with E-state index in [1.54, 1.807) is 11.3 Å². The molecule has 2 fully saturated rings. The summed E-state index contributed by atoms with van der Waals surface area (Å²) in [6, 6.07) is 0. The molecule has 0 aliphatic carbocycles. The Morgan fingerprint density at radius 1 is 1.29 bits per heavy atom. The summed E-state index contributed by atoms with van der Waals surface area (Å²) in [6.07, 6.45) is 3.16. The van der Waals surface area contributed by atoms with Crippen LogP contribution < -0.4 is 10.6 Å². The Kier molecular flexibility index (Phi) is 4.50. The lowest BCUT2D eigenvalue weighted by Gasteiger charge is -2.57. The third-order valence-electron chi connectivity index (χ3n) is 5.38. The predicted molar refractivity (Wildman–Crippen MR) is 93.4 cm³/mol. The van der Waals surface area contributed by atoms with Crippen LogP contribution in [0.3, 0.4) is 0 Å². The number of nitrogens with zero attached hydrogens (tertiary/aromatic N) is 3. The standard InChI is InChI=1S/C15H26N4S2/c1-14(2)3-9-20-12-15(14,11-16)19-7-5-18(6-8-19)13-17-4-10-21-13/h4,10H,3,5-9,11-12,16H2,1-2H3. The van der Waals surface area contributed by atoms with Crippen molar-refractivity contribution in [3.8, 4) is 0 Å². The van der Waals surface area contributed by atoms with Crippen molar-refractivity contribution in [1.29, 1.82) is 0 Å². The molecule has 0 aromatic carbocycles. The first kappa shape index (κ1) is 15.6. The first-order chi connectivity index (χ1) is 10.1. The largest absolute Gasteiger partial charge is 0.346 e. The maximum Gasteiger partial charge on any atom is 0.185 e. The zero-order valence-corrected chi connectivity index (χ0v) is 14.7. The number of rotatable bonds is 3. The summed E-state index contributed by atoms with van der Waals surface area (Å²) in [5.74, 6) is 2.45. The summed E-state index contributed by atoms with van der Waals surface area (Å²) in [4.78, 5) is 9.52.